The van der Waals surface area contributed by atoms with Crippen molar-refractivity contribution < 1.29 is 14.5 Å². The molecule has 8 heteroatoms. The maximum absolute atomic E-state index is 11.4. The monoisotopic (exact) mass is 362 g/mol. The van der Waals surface area contributed by atoms with Gasteiger partial charge in [-0.05, 0) is 25.5 Å². The number of ether oxygens (including phenoxy) is 1. The van der Waals surface area contributed by atoms with Crippen molar-refractivity contribution in [2.24, 2.45) is 5.73 Å². The van der Waals surface area contributed by atoms with Crippen LogP contribution in [-0.4, -0.2) is 66.1 Å². The Morgan fingerprint density at radius 1 is 1.27 bits per heavy atom. The van der Waals surface area contributed by atoms with E-state index in [1.165, 1.54) is 12.5 Å². The highest BCUT2D eigenvalue weighted by Crippen LogP contribution is 2.26. The zero-order chi connectivity index (χ0) is 18.5. The van der Waals surface area contributed by atoms with E-state index in [0.29, 0.717) is 18.2 Å². The van der Waals surface area contributed by atoms with Gasteiger partial charge >= 0.3 is 0 Å². The Bertz CT molecular complexity index is 661. The van der Waals surface area contributed by atoms with Crippen LogP contribution in [0, 0.1) is 10.1 Å². The van der Waals surface area contributed by atoms with Crippen LogP contribution in [0.2, 0.25) is 0 Å². The number of nitrogens with two attached hydrogens (primary N) is 1. The summed E-state index contributed by atoms with van der Waals surface area (Å²) in [4.78, 5) is 27.1. The van der Waals surface area contributed by atoms with Gasteiger partial charge in [-0.3, -0.25) is 24.7 Å². The average molecular weight is 362 g/mol. The predicted molar refractivity (Wildman–Crippen MR) is 96.9 cm³/mol. The molecule has 1 unspecified atom stereocenters. The number of nitro groups is 1. The van der Waals surface area contributed by atoms with Gasteiger partial charge in [0, 0.05) is 49.4 Å². The molecule has 8 nitrogen and oxygen atoms in total. The Morgan fingerprint density at radius 3 is 2.73 bits per heavy atom. The lowest BCUT2D eigenvalue weighted by Crippen LogP contribution is -2.49. The summed E-state index contributed by atoms with van der Waals surface area (Å²) in [5, 5.41) is 11.4. The predicted octanol–water partition coefficient (Wildman–Crippen LogP) is 1.38. The fraction of sp³-hybridized carbons (Fsp3) is 0.611. The lowest BCUT2D eigenvalue weighted by Gasteiger charge is -2.39. The molecule has 2 N–H and O–H groups in total. The number of carbonyl (C=O) groups excluding carboxylic acids is 1. The van der Waals surface area contributed by atoms with Crippen LogP contribution < -0.4 is 5.73 Å². The molecule has 2 aliphatic heterocycles. The normalized spacial score (nSPS) is 22.2. The topological polar surface area (TPSA) is 102 Å². The van der Waals surface area contributed by atoms with Gasteiger partial charge in [0.15, 0.2) is 0 Å². The Hall–Kier alpha value is -2.03. The number of benzene rings is 1. The summed E-state index contributed by atoms with van der Waals surface area (Å²) >= 11 is 0. The van der Waals surface area contributed by atoms with Crippen molar-refractivity contribution in [3.8, 4) is 0 Å². The molecule has 0 aliphatic carbocycles. The second-order valence-electron chi connectivity index (χ2n) is 7.00. The zero-order valence-electron chi connectivity index (χ0n) is 14.9. The molecule has 26 heavy (non-hydrogen) atoms. The highest BCUT2D eigenvalue weighted by molar-refractivity contribution is 5.93. The number of hydrogen-bond acceptors (Lipinski definition) is 6. The lowest BCUT2D eigenvalue weighted by molar-refractivity contribution is -0.385. The van der Waals surface area contributed by atoms with Gasteiger partial charge in [0.05, 0.1) is 18.1 Å². The highest BCUT2D eigenvalue weighted by atomic mass is 16.6. The van der Waals surface area contributed by atoms with Crippen molar-refractivity contribution in [2.75, 3.05) is 39.4 Å². The molecule has 0 aromatic heterocycles. The second-order valence-corrected chi connectivity index (χ2v) is 7.00. The van der Waals surface area contributed by atoms with Crippen molar-refractivity contribution in [1.29, 1.82) is 0 Å². The number of likely N-dealkylation sites (tertiary alicyclic amines) is 1. The third-order valence-corrected chi connectivity index (χ3v) is 5.26. The molecule has 2 fully saturated rings. The quantitative estimate of drug-likeness (QED) is 0.606. The van der Waals surface area contributed by atoms with Crippen molar-refractivity contribution >= 4 is 11.6 Å². The Balaban J connectivity index is 1.74. The SMILES string of the molecule is NC(=O)c1ccc(CN2CCCCC2CN2CCOCC2)c([N+](=O)[O-])c1. The van der Waals surface area contributed by atoms with Crippen LogP contribution in [0.1, 0.15) is 35.2 Å². The Kier molecular flexibility index (Phi) is 6.18. The largest absolute Gasteiger partial charge is 0.379 e. The molecule has 0 bridgehead atoms. The van der Waals surface area contributed by atoms with Gasteiger partial charge in [-0.2, -0.15) is 0 Å². The molecule has 0 radical (unpaired) electrons. The molecule has 2 aliphatic rings. The average Bonchev–Trinajstić information content (AvgIpc) is 2.64. The van der Waals surface area contributed by atoms with Gasteiger partial charge in [-0.15, -0.1) is 0 Å². The fourth-order valence-corrected chi connectivity index (χ4v) is 3.80. The first-order valence-corrected chi connectivity index (χ1v) is 9.16. The number of morpholine rings is 1. The molecule has 1 amide bonds. The summed E-state index contributed by atoms with van der Waals surface area (Å²) in [7, 11) is 0. The molecular weight excluding hydrogens is 336 g/mol. The van der Waals surface area contributed by atoms with E-state index >= 15 is 0 Å². The van der Waals surface area contributed by atoms with E-state index in [4.69, 9.17) is 10.5 Å². The third-order valence-electron chi connectivity index (χ3n) is 5.26. The van der Waals surface area contributed by atoms with E-state index in [0.717, 1.165) is 52.2 Å². The number of amides is 1. The van der Waals surface area contributed by atoms with Crippen molar-refractivity contribution in [3.05, 3.63) is 39.4 Å². The van der Waals surface area contributed by atoms with Crippen LogP contribution >= 0.6 is 0 Å². The first kappa shape index (κ1) is 18.8. The van der Waals surface area contributed by atoms with Crippen LogP contribution in [0.3, 0.4) is 0 Å². The smallest absolute Gasteiger partial charge is 0.274 e. The van der Waals surface area contributed by atoms with Gasteiger partial charge in [0.1, 0.15) is 0 Å². The van der Waals surface area contributed by atoms with Crippen molar-refractivity contribution in [1.82, 2.24) is 9.80 Å². The minimum absolute atomic E-state index is 0.0306. The number of carbonyl (C=O) groups is 1. The maximum atomic E-state index is 11.4. The summed E-state index contributed by atoms with van der Waals surface area (Å²) in [5.74, 6) is -0.650. The van der Waals surface area contributed by atoms with Gasteiger partial charge in [-0.1, -0.05) is 12.5 Å². The summed E-state index contributed by atoms with van der Waals surface area (Å²) in [5.41, 5.74) is 6.03. The van der Waals surface area contributed by atoms with Crippen LogP contribution in [0.5, 0.6) is 0 Å². The highest BCUT2D eigenvalue weighted by Gasteiger charge is 2.27. The number of primary amides is 1. The first-order valence-electron chi connectivity index (χ1n) is 9.16. The molecule has 1 aromatic carbocycles. The molecule has 2 saturated heterocycles. The summed E-state index contributed by atoms with van der Waals surface area (Å²) < 4.78 is 5.42. The van der Waals surface area contributed by atoms with Crippen LogP contribution in [0.15, 0.2) is 18.2 Å². The Labute approximate surface area is 153 Å². The molecule has 0 saturated carbocycles. The van der Waals surface area contributed by atoms with Gasteiger partial charge in [-0.25, -0.2) is 0 Å². The number of nitrogens with zero attached hydrogens (tertiary/aromatic N) is 3. The van der Waals surface area contributed by atoms with Gasteiger partial charge < -0.3 is 10.5 Å². The summed E-state index contributed by atoms with van der Waals surface area (Å²) in [6.45, 7) is 5.85. The lowest BCUT2D eigenvalue weighted by atomic mass is 9.99. The number of nitro benzene ring substituents is 1. The maximum Gasteiger partial charge on any atom is 0.274 e. The van der Waals surface area contributed by atoms with E-state index in [1.807, 2.05) is 0 Å². The molecule has 3 rings (SSSR count). The molecule has 2 heterocycles. The van der Waals surface area contributed by atoms with Crippen LogP contribution in [0.25, 0.3) is 0 Å². The second kappa shape index (κ2) is 8.57. The minimum atomic E-state index is -0.650. The zero-order valence-corrected chi connectivity index (χ0v) is 14.9. The van der Waals surface area contributed by atoms with E-state index in [9.17, 15) is 14.9 Å². The first-order chi connectivity index (χ1) is 12.5. The van der Waals surface area contributed by atoms with Crippen molar-refractivity contribution in [2.45, 2.75) is 31.8 Å². The van der Waals surface area contributed by atoms with Gasteiger partial charge in [0.25, 0.3) is 5.69 Å². The minimum Gasteiger partial charge on any atom is -0.379 e. The summed E-state index contributed by atoms with van der Waals surface area (Å²) in [6, 6.07) is 4.92. The van der Waals surface area contributed by atoms with E-state index in [-0.39, 0.29) is 11.3 Å². The van der Waals surface area contributed by atoms with E-state index < -0.39 is 10.8 Å². The molecule has 0 spiro atoms. The van der Waals surface area contributed by atoms with E-state index in [1.54, 1.807) is 12.1 Å². The fourth-order valence-electron chi connectivity index (χ4n) is 3.80. The number of piperidine rings is 1. The van der Waals surface area contributed by atoms with E-state index in [2.05, 4.69) is 9.80 Å². The molecular formula is C18H26N4O4. The standard InChI is InChI=1S/C18H26N4O4/c19-18(23)14-4-5-15(17(11-14)22(24)25)12-21-6-2-1-3-16(21)13-20-7-9-26-10-8-20/h4-5,11,16H,1-3,6-10,12-13H2,(H2,19,23). The molecule has 1 aromatic rings. The third kappa shape index (κ3) is 4.57. The Morgan fingerprint density at radius 2 is 2.04 bits per heavy atom. The molecule has 1 atom stereocenters. The summed E-state index contributed by atoms with van der Waals surface area (Å²) in [6.07, 6.45) is 3.39. The van der Waals surface area contributed by atoms with Crippen LogP contribution in [0.4, 0.5) is 5.69 Å². The van der Waals surface area contributed by atoms with Crippen molar-refractivity contribution in [3.63, 3.8) is 0 Å². The number of rotatable bonds is 6. The van der Waals surface area contributed by atoms with Crippen LogP contribution in [-0.2, 0) is 11.3 Å². The number of hydrogen-bond donors (Lipinski definition) is 1. The molecule has 142 valence electrons. The van der Waals surface area contributed by atoms with Gasteiger partial charge in [0.2, 0.25) is 5.91 Å².